The van der Waals surface area contributed by atoms with E-state index >= 15 is 0 Å². The Morgan fingerprint density at radius 1 is 1.39 bits per heavy atom. The molecule has 0 spiro atoms. The average Bonchev–Trinajstić information content (AvgIpc) is 2.31. The van der Waals surface area contributed by atoms with Crippen molar-refractivity contribution in [2.24, 2.45) is 5.73 Å². The molecule has 0 aliphatic carbocycles. The Bertz CT molecular complexity index is 377. The van der Waals surface area contributed by atoms with Crippen molar-refractivity contribution in [1.82, 2.24) is 5.32 Å². The monoisotopic (exact) mass is 248 g/mol. The number of nitrogens with one attached hydrogen (secondary N) is 1. The lowest BCUT2D eigenvalue weighted by Gasteiger charge is -2.11. The molecule has 1 amide bonds. The number of benzene rings is 1. The molecule has 1 aromatic carbocycles. The first-order valence-electron chi connectivity index (χ1n) is 6.70. The molecule has 1 atom stereocenters. The minimum Gasteiger partial charge on any atom is -0.356 e. The van der Waals surface area contributed by atoms with Gasteiger partial charge in [0.2, 0.25) is 5.91 Å². The van der Waals surface area contributed by atoms with Crippen LogP contribution in [0, 0.1) is 6.92 Å². The van der Waals surface area contributed by atoms with Gasteiger partial charge in [0.05, 0.1) is 0 Å². The molecule has 3 nitrogen and oxygen atoms in total. The summed E-state index contributed by atoms with van der Waals surface area (Å²) in [6, 6.07) is 8.25. The van der Waals surface area contributed by atoms with E-state index in [0.29, 0.717) is 13.0 Å². The Morgan fingerprint density at radius 2 is 2.11 bits per heavy atom. The molecule has 0 aromatic heterocycles. The standard InChI is InChI=1S/C15H24N2O/c1-3-6-14(16)11-15(18)17-10-9-13-8-5-4-7-12(13)2/h4-5,7-8,14H,3,6,9-11,16H2,1-2H3,(H,17,18). The van der Waals surface area contributed by atoms with Gasteiger partial charge in [0.25, 0.3) is 0 Å². The Hall–Kier alpha value is -1.35. The van der Waals surface area contributed by atoms with Crippen molar-refractivity contribution < 1.29 is 4.79 Å². The molecule has 3 heteroatoms. The number of aryl methyl sites for hydroxylation is 1. The first-order valence-corrected chi connectivity index (χ1v) is 6.70. The fourth-order valence-electron chi connectivity index (χ4n) is 2.01. The van der Waals surface area contributed by atoms with E-state index in [1.54, 1.807) is 0 Å². The van der Waals surface area contributed by atoms with Crippen LogP contribution in [0.25, 0.3) is 0 Å². The van der Waals surface area contributed by atoms with Crippen molar-refractivity contribution in [2.45, 2.75) is 45.6 Å². The van der Waals surface area contributed by atoms with Gasteiger partial charge < -0.3 is 11.1 Å². The van der Waals surface area contributed by atoms with Crippen LogP contribution in [0.1, 0.15) is 37.3 Å². The van der Waals surface area contributed by atoms with Crippen LogP contribution in [0.2, 0.25) is 0 Å². The molecule has 0 radical (unpaired) electrons. The quantitative estimate of drug-likeness (QED) is 0.777. The van der Waals surface area contributed by atoms with Crippen LogP contribution < -0.4 is 11.1 Å². The summed E-state index contributed by atoms with van der Waals surface area (Å²) in [6.07, 6.45) is 3.24. The number of amides is 1. The highest BCUT2D eigenvalue weighted by Crippen LogP contribution is 2.06. The first-order chi connectivity index (χ1) is 8.63. The van der Waals surface area contributed by atoms with Gasteiger partial charge in [0, 0.05) is 19.0 Å². The Labute approximate surface area is 110 Å². The molecule has 3 N–H and O–H groups in total. The highest BCUT2D eigenvalue weighted by molar-refractivity contribution is 5.76. The minimum absolute atomic E-state index is 0.00605. The fraction of sp³-hybridized carbons (Fsp3) is 0.533. The summed E-state index contributed by atoms with van der Waals surface area (Å²) in [5.41, 5.74) is 8.39. The van der Waals surface area contributed by atoms with Crippen molar-refractivity contribution in [3.63, 3.8) is 0 Å². The molecular formula is C15H24N2O. The van der Waals surface area contributed by atoms with Gasteiger partial charge in [-0.1, -0.05) is 37.6 Å². The molecule has 0 aliphatic rings. The number of rotatable bonds is 7. The lowest BCUT2D eigenvalue weighted by atomic mass is 10.1. The molecule has 1 unspecified atom stereocenters. The van der Waals surface area contributed by atoms with Gasteiger partial charge >= 0.3 is 0 Å². The second-order valence-corrected chi connectivity index (χ2v) is 4.78. The van der Waals surface area contributed by atoms with Crippen LogP contribution in [-0.4, -0.2) is 18.5 Å². The summed E-state index contributed by atoms with van der Waals surface area (Å²) in [6.45, 7) is 4.85. The number of hydrogen-bond donors (Lipinski definition) is 2. The van der Waals surface area contributed by atoms with Crippen molar-refractivity contribution in [3.8, 4) is 0 Å². The first kappa shape index (κ1) is 14.7. The van der Waals surface area contributed by atoms with Crippen LogP contribution in [0.15, 0.2) is 24.3 Å². The van der Waals surface area contributed by atoms with Crippen LogP contribution in [0.4, 0.5) is 0 Å². The summed E-state index contributed by atoms with van der Waals surface area (Å²) in [5.74, 6) is 0.0598. The summed E-state index contributed by atoms with van der Waals surface area (Å²) < 4.78 is 0. The van der Waals surface area contributed by atoms with Gasteiger partial charge in [-0.15, -0.1) is 0 Å². The number of carbonyl (C=O) groups excluding carboxylic acids is 1. The summed E-state index contributed by atoms with van der Waals surface area (Å²) in [4.78, 5) is 11.6. The lowest BCUT2D eigenvalue weighted by molar-refractivity contribution is -0.121. The van der Waals surface area contributed by atoms with Gasteiger partial charge in [-0.25, -0.2) is 0 Å². The number of nitrogens with two attached hydrogens (primary N) is 1. The molecule has 0 bridgehead atoms. The Kier molecular flexibility index (Phi) is 6.44. The second-order valence-electron chi connectivity index (χ2n) is 4.78. The molecule has 100 valence electrons. The summed E-state index contributed by atoms with van der Waals surface area (Å²) in [7, 11) is 0. The van der Waals surface area contributed by atoms with E-state index < -0.39 is 0 Å². The van der Waals surface area contributed by atoms with Crippen LogP contribution in [0.5, 0.6) is 0 Å². The van der Waals surface area contributed by atoms with Gasteiger partial charge in [-0.2, -0.15) is 0 Å². The van der Waals surface area contributed by atoms with Gasteiger partial charge in [-0.3, -0.25) is 4.79 Å². The number of hydrogen-bond acceptors (Lipinski definition) is 2. The molecule has 0 aliphatic heterocycles. The molecule has 0 heterocycles. The third kappa shape index (κ3) is 5.32. The maximum absolute atomic E-state index is 11.6. The summed E-state index contributed by atoms with van der Waals surface area (Å²) in [5, 5.41) is 2.93. The highest BCUT2D eigenvalue weighted by atomic mass is 16.1. The van der Waals surface area contributed by atoms with E-state index in [-0.39, 0.29) is 11.9 Å². The van der Waals surface area contributed by atoms with Gasteiger partial charge in [0.1, 0.15) is 0 Å². The highest BCUT2D eigenvalue weighted by Gasteiger charge is 2.08. The number of carbonyl (C=O) groups is 1. The maximum Gasteiger partial charge on any atom is 0.221 e. The smallest absolute Gasteiger partial charge is 0.221 e. The van der Waals surface area contributed by atoms with E-state index in [4.69, 9.17) is 5.73 Å². The van der Waals surface area contributed by atoms with E-state index in [1.165, 1.54) is 11.1 Å². The zero-order valence-corrected chi connectivity index (χ0v) is 11.4. The maximum atomic E-state index is 11.6. The van der Waals surface area contributed by atoms with E-state index in [9.17, 15) is 4.79 Å². The molecular weight excluding hydrogens is 224 g/mol. The fourth-order valence-corrected chi connectivity index (χ4v) is 2.01. The van der Waals surface area contributed by atoms with Crippen LogP contribution in [0.3, 0.4) is 0 Å². The van der Waals surface area contributed by atoms with Crippen molar-refractivity contribution >= 4 is 5.91 Å². The van der Waals surface area contributed by atoms with Crippen molar-refractivity contribution in [3.05, 3.63) is 35.4 Å². The van der Waals surface area contributed by atoms with E-state index in [1.807, 2.05) is 12.1 Å². The van der Waals surface area contributed by atoms with Crippen LogP contribution >= 0.6 is 0 Å². The largest absolute Gasteiger partial charge is 0.356 e. The molecule has 1 rings (SSSR count). The summed E-state index contributed by atoms with van der Waals surface area (Å²) >= 11 is 0. The third-order valence-corrected chi connectivity index (χ3v) is 3.08. The lowest BCUT2D eigenvalue weighted by Crippen LogP contribution is -2.32. The Morgan fingerprint density at radius 3 is 2.78 bits per heavy atom. The molecule has 0 saturated carbocycles. The van der Waals surface area contributed by atoms with Crippen molar-refractivity contribution in [1.29, 1.82) is 0 Å². The topological polar surface area (TPSA) is 55.1 Å². The average molecular weight is 248 g/mol. The molecule has 0 fully saturated rings. The molecule has 18 heavy (non-hydrogen) atoms. The second kappa shape index (κ2) is 7.88. The van der Waals surface area contributed by atoms with Gasteiger partial charge in [-0.05, 0) is 30.9 Å². The van der Waals surface area contributed by atoms with Crippen molar-refractivity contribution in [2.75, 3.05) is 6.54 Å². The Balaban J connectivity index is 2.25. The molecule has 0 saturated heterocycles. The van der Waals surface area contributed by atoms with E-state index in [0.717, 1.165) is 19.3 Å². The van der Waals surface area contributed by atoms with Crippen LogP contribution in [-0.2, 0) is 11.2 Å². The third-order valence-electron chi connectivity index (χ3n) is 3.08. The molecule has 1 aromatic rings. The minimum atomic E-state index is -0.00605. The predicted octanol–water partition coefficient (Wildman–Crippen LogP) is 2.17. The van der Waals surface area contributed by atoms with E-state index in [2.05, 4.69) is 31.3 Å². The van der Waals surface area contributed by atoms with Gasteiger partial charge in [0.15, 0.2) is 0 Å². The SMILES string of the molecule is CCCC(N)CC(=O)NCCc1ccccc1C. The normalized spacial score (nSPS) is 12.2. The predicted molar refractivity (Wildman–Crippen MR) is 75.4 cm³/mol. The zero-order valence-electron chi connectivity index (χ0n) is 11.4. The zero-order chi connectivity index (χ0) is 13.4.